The molecule has 0 bridgehead atoms. The molecule has 0 spiro atoms. The lowest BCUT2D eigenvalue weighted by Gasteiger charge is -2.32. The number of carbonyl (C=O) groups is 2. The molecule has 0 radical (unpaired) electrons. The quantitative estimate of drug-likeness (QED) is 0.716. The van der Waals surface area contributed by atoms with Crippen LogP contribution in [0, 0.1) is 13.8 Å². The van der Waals surface area contributed by atoms with Gasteiger partial charge >= 0.3 is 0 Å². The highest BCUT2D eigenvalue weighted by molar-refractivity contribution is 7.89. The molecule has 2 aromatic carbocycles. The van der Waals surface area contributed by atoms with Crippen LogP contribution >= 0.6 is 0 Å². The van der Waals surface area contributed by atoms with Gasteiger partial charge in [-0.1, -0.05) is 18.6 Å². The van der Waals surface area contributed by atoms with Crippen molar-refractivity contribution in [3.8, 4) is 0 Å². The Morgan fingerprint density at radius 2 is 1.77 bits per heavy atom. The highest BCUT2D eigenvalue weighted by Crippen LogP contribution is 2.25. The van der Waals surface area contributed by atoms with Crippen LogP contribution in [0.3, 0.4) is 0 Å². The van der Waals surface area contributed by atoms with Gasteiger partial charge in [0.25, 0.3) is 5.91 Å². The van der Waals surface area contributed by atoms with E-state index in [4.69, 9.17) is 0 Å². The lowest BCUT2D eigenvalue weighted by molar-refractivity contribution is -0.115. The third kappa shape index (κ3) is 5.32. The summed E-state index contributed by atoms with van der Waals surface area (Å²) >= 11 is 0. The van der Waals surface area contributed by atoms with Crippen molar-refractivity contribution in [2.45, 2.75) is 51.0 Å². The summed E-state index contributed by atoms with van der Waals surface area (Å²) in [5.41, 5.74) is 3.05. The maximum Gasteiger partial charge on any atom is 0.251 e. The number of hydrogen-bond donors (Lipinski definition) is 2. The van der Waals surface area contributed by atoms with Crippen molar-refractivity contribution >= 4 is 27.5 Å². The van der Waals surface area contributed by atoms with Gasteiger partial charge in [-0.2, -0.15) is 4.31 Å². The van der Waals surface area contributed by atoms with Crippen LogP contribution in [0.4, 0.5) is 5.69 Å². The van der Waals surface area contributed by atoms with Crippen LogP contribution < -0.4 is 10.6 Å². The van der Waals surface area contributed by atoms with Crippen LogP contribution in [0.25, 0.3) is 0 Å². The lowest BCUT2D eigenvalue weighted by Crippen LogP contribution is -2.41. The Morgan fingerprint density at radius 1 is 1.06 bits per heavy atom. The fraction of sp³-hybridized carbons (Fsp3) is 0.391. The standard InChI is InChI=1S/C23H29N3O4S/c1-16-7-6-9-21(18(16)3)25-22(27)15-24-23(28)19-10-12-20(13-11-19)31(29,30)26-14-5-4-8-17(26)2/h6-7,9-13,17H,4-5,8,14-15H2,1-3H3,(H,24,28)(H,25,27)/t17-/m1/s1. The van der Waals surface area contributed by atoms with E-state index < -0.39 is 15.9 Å². The number of sulfonamides is 1. The van der Waals surface area contributed by atoms with Crippen LogP contribution in [-0.2, 0) is 14.8 Å². The second kappa shape index (κ2) is 9.62. The predicted molar refractivity (Wildman–Crippen MR) is 121 cm³/mol. The van der Waals surface area contributed by atoms with E-state index in [-0.39, 0.29) is 23.4 Å². The van der Waals surface area contributed by atoms with Gasteiger partial charge in [0.15, 0.2) is 0 Å². The molecule has 3 rings (SSSR count). The third-order valence-corrected chi connectivity index (χ3v) is 7.78. The lowest BCUT2D eigenvalue weighted by atomic mass is 10.1. The van der Waals surface area contributed by atoms with E-state index in [1.165, 1.54) is 28.6 Å². The van der Waals surface area contributed by atoms with E-state index in [1.54, 1.807) is 0 Å². The van der Waals surface area contributed by atoms with Gasteiger partial charge in [-0.05, 0) is 75.1 Å². The molecule has 0 saturated carbocycles. The van der Waals surface area contributed by atoms with Crippen molar-refractivity contribution in [3.63, 3.8) is 0 Å². The molecular weight excluding hydrogens is 414 g/mol. The van der Waals surface area contributed by atoms with Gasteiger partial charge in [-0.25, -0.2) is 8.42 Å². The first kappa shape index (κ1) is 23.0. The first-order valence-electron chi connectivity index (χ1n) is 10.5. The molecule has 0 aliphatic carbocycles. The minimum absolute atomic E-state index is 0.0303. The summed E-state index contributed by atoms with van der Waals surface area (Å²) in [6.07, 6.45) is 2.74. The van der Waals surface area contributed by atoms with Crippen molar-refractivity contribution in [2.24, 2.45) is 0 Å². The van der Waals surface area contributed by atoms with Crippen LogP contribution in [0.5, 0.6) is 0 Å². The summed E-state index contributed by atoms with van der Waals surface area (Å²) in [6, 6.07) is 11.4. The average molecular weight is 444 g/mol. The molecule has 1 heterocycles. The van der Waals surface area contributed by atoms with Crippen LogP contribution in [0.2, 0.25) is 0 Å². The highest BCUT2D eigenvalue weighted by Gasteiger charge is 2.30. The molecule has 1 atom stereocenters. The molecule has 2 amide bonds. The van der Waals surface area contributed by atoms with Crippen molar-refractivity contribution in [3.05, 3.63) is 59.2 Å². The number of anilines is 1. The fourth-order valence-electron chi connectivity index (χ4n) is 3.69. The number of amides is 2. The molecule has 31 heavy (non-hydrogen) atoms. The SMILES string of the molecule is Cc1cccc(NC(=O)CNC(=O)c2ccc(S(=O)(=O)N3CCCC[C@H]3C)cc2)c1C. The van der Waals surface area contributed by atoms with Gasteiger partial charge in [0, 0.05) is 23.8 Å². The number of piperidine rings is 1. The molecule has 0 unspecified atom stereocenters. The summed E-state index contributed by atoms with van der Waals surface area (Å²) in [7, 11) is -3.58. The number of aryl methyl sites for hydroxylation is 1. The Kier molecular flexibility index (Phi) is 7.12. The van der Waals surface area contributed by atoms with Crippen molar-refractivity contribution in [2.75, 3.05) is 18.4 Å². The van der Waals surface area contributed by atoms with E-state index in [0.29, 0.717) is 17.8 Å². The molecule has 8 heteroatoms. The summed E-state index contributed by atoms with van der Waals surface area (Å²) in [5, 5.41) is 5.36. The Balaban J connectivity index is 1.60. The number of benzene rings is 2. The monoisotopic (exact) mass is 443 g/mol. The normalized spacial score (nSPS) is 17.2. The van der Waals surface area contributed by atoms with E-state index in [9.17, 15) is 18.0 Å². The van der Waals surface area contributed by atoms with E-state index >= 15 is 0 Å². The topological polar surface area (TPSA) is 95.6 Å². The van der Waals surface area contributed by atoms with Gasteiger partial charge in [-0.15, -0.1) is 0 Å². The minimum atomic E-state index is -3.58. The van der Waals surface area contributed by atoms with Gasteiger partial charge in [0.2, 0.25) is 15.9 Å². The van der Waals surface area contributed by atoms with Crippen LogP contribution in [-0.4, -0.2) is 43.7 Å². The molecule has 1 saturated heterocycles. The number of carbonyl (C=O) groups excluding carboxylic acids is 2. The summed E-state index contributed by atoms with van der Waals surface area (Å²) < 4.78 is 27.3. The van der Waals surface area contributed by atoms with Crippen LogP contribution in [0.1, 0.15) is 47.7 Å². The fourth-order valence-corrected chi connectivity index (χ4v) is 5.39. The second-order valence-corrected chi connectivity index (χ2v) is 9.85. The van der Waals surface area contributed by atoms with E-state index in [2.05, 4.69) is 10.6 Å². The van der Waals surface area contributed by atoms with Gasteiger partial charge in [-0.3, -0.25) is 9.59 Å². The number of nitrogens with one attached hydrogen (secondary N) is 2. The number of nitrogens with zero attached hydrogens (tertiary/aromatic N) is 1. The molecule has 1 fully saturated rings. The Hall–Kier alpha value is -2.71. The van der Waals surface area contributed by atoms with Crippen molar-refractivity contribution < 1.29 is 18.0 Å². The minimum Gasteiger partial charge on any atom is -0.343 e. The second-order valence-electron chi connectivity index (χ2n) is 7.96. The number of rotatable bonds is 6. The van der Waals surface area contributed by atoms with E-state index in [1.807, 2.05) is 39.0 Å². The van der Waals surface area contributed by atoms with Crippen LogP contribution in [0.15, 0.2) is 47.4 Å². The molecule has 1 aliphatic heterocycles. The average Bonchev–Trinajstić information content (AvgIpc) is 2.75. The van der Waals surface area contributed by atoms with Crippen molar-refractivity contribution in [1.82, 2.24) is 9.62 Å². The molecule has 7 nitrogen and oxygen atoms in total. The molecular formula is C23H29N3O4S. The van der Waals surface area contributed by atoms with Gasteiger partial charge in [0.05, 0.1) is 11.4 Å². The molecule has 0 aromatic heterocycles. The van der Waals surface area contributed by atoms with Gasteiger partial charge < -0.3 is 10.6 Å². The maximum atomic E-state index is 12.9. The smallest absolute Gasteiger partial charge is 0.251 e. The zero-order valence-electron chi connectivity index (χ0n) is 18.1. The predicted octanol–water partition coefficient (Wildman–Crippen LogP) is 3.24. The third-order valence-electron chi connectivity index (χ3n) is 5.75. The molecule has 1 aliphatic rings. The Morgan fingerprint density at radius 3 is 2.45 bits per heavy atom. The zero-order valence-corrected chi connectivity index (χ0v) is 19.0. The molecule has 166 valence electrons. The van der Waals surface area contributed by atoms with E-state index in [0.717, 1.165) is 30.4 Å². The summed E-state index contributed by atoms with van der Waals surface area (Å²) in [6.45, 7) is 6.13. The largest absolute Gasteiger partial charge is 0.343 e. The molecule has 2 N–H and O–H groups in total. The number of hydrogen-bond acceptors (Lipinski definition) is 4. The Bertz CT molecular complexity index is 1060. The maximum absolute atomic E-state index is 12.9. The molecule has 2 aromatic rings. The first-order chi connectivity index (χ1) is 14.7. The summed E-state index contributed by atoms with van der Waals surface area (Å²) in [4.78, 5) is 24.8. The Labute approximate surface area is 183 Å². The first-order valence-corrected chi connectivity index (χ1v) is 11.9. The van der Waals surface area contributed by atoms with Gasteiger partial charge in [0.1, 0.15) is 0 Å². The summed E-state index contributed by atoms with van der Waals surface area (Å²) in [5.74, 6) is -0.772. The highest BCUT2D eigenvalue weighted by atomic mass is 32.2. The van der Waals surface area contributed by atoms with Crippen molar-refractivity contribution in [1.29, 1.82) is 0 Å². The zero-order chi connectivity index (χ0) is 22.6.